The van der Waals surface area contributed by atoms with Gasteiger partial charge in [0.15, 0.2) is 11.5 Å². The molecule has 0 saturated heterocycles. The summed E-state index contributed by atoms with van der Waals surface area (Å²) >= 11 is 0. The fourth-order valence-corrected chi connectivity index (χ4v) is 1.84. The Hall–Kier alpha value is -2.28. The Kier molecular flexibility index (Phi) is 5.79. The molecule has 20 heavy (non-hydrogen) atoms. The molecule has 0 aliphatic rings. The summed E-state index contributed by atoms with van der Waals surface area (Å²) in [5, 5.41) is 18.9. The number of aliphatic hydroxyl groups is 1. The van der Waals surface area contributed by atoms with Crippen molar-refractivity contribution < 1.29 is 34.0 Å². The topological polar surface area (TPSA) is 102 Å². The molecule has 1 atom stereocenters. The molecule has 110 valence electrons. The van der Waals surface area contributed by atoms with Crippen molar-refractivity contribution in [3.8, 4) is 11.5 Å². The second kappa shape index (κ2) is 7.34. The molecule has 0 aliphatic heterocycles. The van der Waals surface area contributed by atoms with Gasteiger partial charge in [0.05, 0.1) is 25.9 Å². The molecular weight excluding hydrogens is 268 g/mol. The van der Waals surface area contributed by atoms with Crippen LogP contribution >= 0.6 is 0 Å². The molecular formula is C13H16O7. The van der Waals surface area contributed by atoms with Gasteiger partial charge in [-0.2, -0.15) is 0 Å². The molecule has 0 saturated carbocycles. The molecule has 0 bridgehead atoms. The molecule has 0 fully saturated rings. The van der Waals surface area contributed by atoms with E-state index in [0.717, 1.165) is 0 Å². The molecule has 0 radical (unpaired) electrons. The van der Waals surface area contributed by atoms with Crippen LogP contribution in [-0.4, -0.2) is 49.6 Å². The predicted octanol–water partition coefficient (Wildman–Crippen LogP) is 0.478. The third-order valence-electron chi connectivity index (χ3n) is 2.68. The zero-order valence-corrected chi connectivity index (χ0v) is 11.2. The zero-order chi connectivity index (χ0) is 15.1. The highest BCUT2D eigenvalue weighted by Gasteiger charge is 2.21. The van der Waals surface area contributed by atoms with Gasteiger partial charge in [-0.3, -0.25) is 4.79 Å². The molecule has 1 aromatic rings. The van der Waals surface area contributed by atoms with Gasteiger partial charge in [0, 0.05) is 12.0 Å². The summed E-state index contributed by atoms with van der Waals surface area (Å²) in [5.74, 6) is -0.557. The molecule has 0 amide bonds. The second-order valence-electron chi connectivity index (χ2n) is 3.92. The van der Waals surface area contributed by atoms with E-state index in [0.29, 0.717) is 5.75 Å². The number of benzene rings is 1. The Bertz CT molecular complexity index is 484. The fourth-order valence-electron chi connectivity index (χ4n) is 1.84. The lowest BCUT2D eigenvalue weighted by atomic mass is 9.99. The Labute approximate surface area is 115 Å². The van der Waals surface area contributed by atoms with Crippen LogP contribution in [0.1, 0.15) is 15.9 Å². The van der Waals surface area contributed by atoms with Crippen LogP contribution in [0.15, 0.2) is 12.1 Å². The average molecular weight is 284 g/mol. The molecule has 0 aromatic heterocycles. The van der Waals surface area contributed by atoms with Crippen molar-refractivity contribution >= 4 is 12.4 Å². The van der Waals surface area contributed by atoms with Crippen molar-refractivity contribution in [2.24, 2.45) is 0 Å². The molecule has 2 N–H and O–H groups in total. The zero-order valence-electron chi connectivity index (χ0n) is 11.2. The van der Waals surface area contributed by atoms with Crippen molar-refractivity contribution in [2.45, 2.75) is 12.5 Å². The highest BCUT2D eigenvalue weighted by Crippen LogP contribution is 2.34. The molecule has 7 nitrogen and oxygen atoms in total. The highest BCUT2D eigenvalue weighted by molar-refractivity contribution is 5.90. The number of hydrogen-bond donors (Lipinski definition) is 2. The van der Waals surface area contributed by atoms with Crippen LogP contribution in [0.4, 0.5) is 0 Å². The van der Waals surface area contributed by atoms with Crippen LogP contribution in [0.3, 0.4) is 0 Å². The minimum Gasteiger partial charge on any atom is -0.493 e. The molecule has 1 rings (SSSR count). The normalized spacial score (nSPS) is 11.6. The van der Waals surface area contributed by atoms with E-state index in [1.807, 2.05) is 0 Å². The third kappa shape index (κ3) is 3.61. The van der Waals surface area contributed by atoms with Gasteiger partial charge in [0.1, 0.15) is 6.61 Å². The van der Waals surface area contributed by atoms with Crippen LogP contribution in [0.5, 0.6) is 11.5 Å². The number of ether oxygens (including phenoxy) is 3. The maximum atomic E-state index is 11.2. The number of aromatic carboxylic acids is 1. The largest absolute Gasteiger partial charge is 0.493 e. The first-order valence-electron chi connectivity index (χ1n) is 5.75. The quantitative estimate of drug-likeness (QED) is 0.669. The molecule has 0 unspecified atom stereocenters. The molecule has 0 aliphatic carbocycles. The first-order valence-corrected chi connectivity index (χ1v) is 5.75. The number of carbonyl (C=O) groups excluding carboxylic acids is 1. The van der Waals surface area contributed by atoms with E-state index >= 15 is 0 Å². The van der Waals surface area contributed by atoms with Crippen molar-refractivity contribution in [2.75, 3.05) is 20.8 Å². The van der Waals surface area contributed by atoms with Gasteiger partial charge in [-0.15, -0.1) is 0 Å². The van der Waals surface area contributed by atoms with Crippen molar-refractivity contribution in [1.82, 2.24) is 0 Å². The van der Waals surface area contributed by atoms with E-state index in [-0.39, 0.29) is 36.4 Å². The highest BCUT2D eigenvalue weighted by atomic mass is 16.5. The third-order valence-corrected chi connectivity index (χ3v) is 2.68. The Morgan fingerprint density at radius 1 is 1.35 bits per heavy atom. The first kappa shape index (κ1) is 15.8. The van der Waals surface area contributed by atoms with Crippen LogP contribution in [0.2, 0.25) is 0 Å². The summed E-state index contributed by atoms with van der Waals surface area (Å²) in [6.07, 6.45) is -1.09. The second-order valence-corrected chi connectivity index (χ2v) is 3.92. The Morgan fingerprint density at radius 2 is 2.05 bits per heavy atom. The number of methoxy groups -OCH3 is 2. The molecule has 0 spiro atoms. The predicted molar refractivity (Wildman–Crippen MR) is 68.2 cm³/mol. The lowest BCUT2D eigenvalue weighted by Crippen LogP contribution is -2.20. The van der Waals surface area contributed by atoms with Crippen LogP contribution in [0.25, 0.3) is 0 Å². The average Bonchev–Trinajstić information content (AvgIpc) is 2.44. The summed E-state index contributed by atoms with van der Waals surface area (Å²) in [4.78, 5) is 21.3. The SMILES string of the molecule is COc1ccc(C(=O)O)c(C[C@H](O)COC=O)c1OC. The number of carboxylic acids is 1. The lowest BCUT2D eigenvalue weighted by molar-refractivity contribution is -0.131. The molecule has 1 aromatic carbocycles. The van der Waals surface area contributed by atoms with E-state index in [2.05, 4.69) is 4.74 Å². The van der Waals surface area contributed by atoms with Crippen LogP contribution in [0, 0.1) is 0 Å². The number of hydrogen-bond acceptors (Lipinski definition) is 6. The van der Waals surface area contributed by atoms with E-state index in [4.69, 9.17) is 9.47 Å². The van der Waals surface area contributed by atoms with Gasteiger partial charge in [0.25, 0.3) is 6.47 Å². The van der Waals surface area contributed by atoms with Crippen LogP contribution < -0.4 is 9.47 Å². The lowest BCUT2D eigenvalue weighted by Gasteiger charge is -2.17. The Balaban J connectivity index is 3.17. The maximum Gasteiger partial charge on any atom is 0.336 e. The number of rotatable bonds is 8. The Morgan fingerprint density at radius 3 is 2.55 bits per heavy atom. The van der Waals surface area contributed by atoms with Crippen molar-refractivity contribution in [3.63, 3.8) is 0 Å². The monoisotopic (exact) mass is 284 g/mol. The summed E-state index contributed by atoms with van der Waals surface area (Å²) in [7, 11) is 2.80. The number of aliphatic hydroxyl groups excluding tert-OH is 1. The summed E-state index contributed by atoms with van der Waals surface area (Å²) in [6, 6.07) is 2.84. The maximum absolute atomic E-state index is 11.2. The van der Waals surface area contributed by atoms with Gasteiger partial charge in [-0.25, -0.2) is 4.79 Å². The summed E-state index contributed by atoms with van der Waals surface area (Å²) in [5.41, 5.74) is 0.272. The van der Waals surface area contributed by atoms with Crippen LogP contribution in [-0.2, 0) is 16.0 Å². The summed E-state index contributed by atoms with van der Waals surface area (Å²) < 4.78 is 14.7. The standard InChI is InChI=1S/C13H16O7/c1-18-11-4-3-9(13(16)17)10(12(11)19-2)5-8(15)6-20-7-14/h3-4,7-8,15H,5-6H2,1-2H3,(H,16,17)/t8-/m0/s1. The molecule has 0 heterocycles. The molecule has 7 heteroatoms. The van der Waals surface area contributed by atoms with Gasteiger partial charge < -0.3 is 24.4 Å². The van der Waals surface area contributed by atoms with E-state index < -0.39 is 12.1 Å². The van der Waals surface area contributed by atoms with Gasteiger partial charge in [0.2, 0.25) is 0 Å². The van der Waals surface area contributed by atoms with Gasteiger partial charge in [-0.05, 0) is 12.1 Å². The fraction of sp³-hybridized carbons (Fsp3) is 0.385. The smallest absolute Gasteiger partial charge is 0.336 e. The van der Waals surface area contributed by atoms with Gasteiger partial charge in [-0.1, -0.05) is 0 Å². The van der Waals surface area contributed by atoms with Crippen molar-refractivity contribution in [3.05, 3.63) is 23.3 Å². The summed E-state index contributed by atoms with van der Waals surface area (Å²) in [6.45, 7) is -0.0208. The minimum absolute atomic E-state index is 0.00666. The number of carbonyl (C=O) groups is 2. The van der Waals surface area contributed by atoms with E-state index in [1.165, 1.54) is 26.4 Å². The van der Waals surface area contributed by atoms with E-state index in [9.17, 15) is 19.8 Å². The van der Waals surface area contributed by atoms with Gasteiger partial charge >= 0.3 is 5.97 Å². The minimum atomic E-state index is -1.15. The van der Waals surface area contributed by atoms with Crippen molar-refractivity contribution in [1.29, 1.82) is 0 Å². The first-order chi connectivity index (χ1) is 9.54. The number of carboxylic acid groups (broad SMARTS) is 1. The van der Waals surface area contributed by atoms with E-state index in [1.54, 1.807) is 0 Å².